The van der Waals surface area contributed by atoms with E-state index in [4.69, 9.17) is 4.42 Å². The number of likely N-dealkylation sites (tertiary alicyclic amines) is 2. The van der Waals surface area contributed by atoms with Gasteiger partial charge in [0, 0.05) is 60.5 Å². The van der Waals surface area contributed by atoms with Gasteiger partial charge in [-0.3, -0.25) is 19.2 Å². The second-order valence-electron chi connectivity index (χ2n) is 15.0. The summed E-state index contributed by atoms with van der Waals surface area (Å²) < 4.78 is 6.07. The van der Waals surface area contributed by atoms with Crippen LogP contribution in [0.5, 0.6) is 0 Å². The zero-order valence-corrected chi connectivity index (χ0v) is 29.6. The lowest BCUT2D eigenvalue weighted by Crippen LogP contribution is -2.54. The van der Waals surface area contributed by atoms with E-state index in [2.05, 4.69) is 26.3 Å². The minimum atomic E-state index is -0.525. The Morgan fingerprint density at radius 3 is 1.65 bits per heavy atom. The van der Waals surface area contributed by atoms with Gasteiger partial charge in [-0.25, -0.2) is 4.98 Å². The molecule has 12 heteroatoms. The lowest BCUT2D eigenvalue weighted by molar-refractivity contribution is -0.139. The van der Waals surface area contributed by atoms with Gasteiger partial charge in [-0.05, 0) is 127 Å². The molecule has 0 aliphatic carbocycles. The molecule has 51 heavy (non-hydrogen) atoms. The number of rotatable bonds is 10. The van der Waals surface area contributed by atoms with Crippen molar-refractivity contribution in [1.82, 2.24) is 25.4 Å². The van der Waals surface area contributed by atoms with E-state index in [1.807, 2.05) is 72.2 Å². The summed E-state index contributed by atoms with van der Waals surface area (Å²) in [6.07, 6.45) is 9.34. The molecule has 0 spiro atoms. The van der Waals surface area contributed by atoms with Crippen molar-refractivity contribution in [3.8, 4) is 22.8 Å². The third kappa shape index (κ3) is 7.57. The number of amides is 4. The molecule has 3 aromatic rings. The summed E-state index contributed by atoms with van der Waals surface area (Å²) in [7, 11) is 0. The summed E-state index contributed by atoms with van der Waals surface area (Å²) in [5, 5.41) is 12.7. The Kier molecular flexibility index (Phi) is 9.98. The highest BCUT2D eigenvalue weighted by molar-refractivity contribution is 5.93. The van der Waals surface area contributed by atoms with Crippen LogP contribution in [0.3, 0.4) is 0 Å². The predicted octanol–water partition coefficient (Wildman–Crippen LogP) is 4.93. The Labute approximate surface area is 299 Å². The van der Waals surface area contributed by atoms with Crippen molar-refractivity contribution >= 4 is 35.0 Å². The average molecular weight is 696 g/mol. The molecule has 4 aliphatic rings. The zero-order chi connectivity index (χ0) is 35.6. The third-order valence-electron chi connectivity index (χ3n) is 11.2. The number of benzene rings is 2. The summed E-state index contributed by atoms with van der Waals surface area (Å²) in [6, 6.07) is 14.6. The summed E-state index contributed by atoms with van der Waals surface area (Å²) in [5.41, 5.74) is 1.88. The summed E-state index contributed by atoms with van der Waals surface area (Å²) in [5.74, 6) is 1.03. The molecule has 4 aliphatic heterocycles. The molecule has 0 bridgehead atoms. The predicted molar refractivity (Wildman–Crippen MR) is 195 cm³/mol. The van der Waals surface area contributed by atoms with Crippen LogP contribution in [-0.2, 0) is 19.2 Å². The fourth-order valence-corrected chi connectivity index (χ4v) is 8.23. The van der Waals surface area contributed by atoms with E-state index >= 15 is 0 Å². The first kappa shape index (κ1) is 34.9. The number of hydrogen-bond acceptors (Lipinski definition) is 8. The van der Waals surface area contributed by atoms with Crippen molar-refractivity contribution < 1.29 is 23.6 Å². The molecule has 0 saturated carbocycles. The lowest BCUT2D eigenvalue weighted by Gasteiger charge is -2.33. The Bertz CT molecular complexity index is 1620. The van der Waals surface area contributed by atoms with Crippen LogP contribution in [-0.4, -0.2) is 87.8 Å². The maximum Gasteiger partial charge on any atom is 0.242 e. The molecule has 2 aromatic carbocycles. The van der Waals surface area contributed by atoms with Crippen molar-refractivity contribution in [3.63, 3.8) is 0 Å². The standard InChI is InChI=1S/C39H49N7O5/c1-38(17-5-19-41-38)36(49)45-21-3-7-30(45)23-33(47)43-28-13-9-26(10-14-28)32-25-40-35(51-32)27-11-15-29(16-12-27)44-34(48)24-31-8-4-22-46(31)37(50)39(2)18-6-20-42-39/h9-16,25,30-31,41-42H,3-8,17-24H2,1-2H3,(H,43,47)(H,44,48)/t30-,31-,38?,39?/m0/s1. The van der Waals surface area contributed by atoms with Gasteiger partial charge < -0.3 is 35.5 Å². The number of carbonyl (C=O) groups is 4. The summed E-state index contributed by atoms with van der Waals surface area (Å²) in [6.45, 7) is 7.04. The Morgan fingerprint density at radius 2 is 1.20 bits per heavy atom. The van der Waals surface area contributed by atoms with Crippen LogP contribution in [0.15, 0.2) is 59.1 Å². The Hall–Kier alpha value is -4.55. The van der Waals surface area contributed by atoms with Crippen LogP contribution < -0.4 is 21.3 Å². The topological polar surface area (TPSA) is 149 Å². The maximum absolute atomic E-state index is 13.2. The highest BCUT2D eigenvalue weighted by Crippen LogP contribution is 2.31. The zero-order valence-electron chi connectivity index (χ0n) is 29.6. The maximum atomic E-state index is 13.2. The van der Waals surface area contributed by atoms with E-state index in [1.54, 1.807) is 6.20 Å². The summed E-state index contributed by atoms with van der Waals surface area (Å²) in [4.78, 5) is 60.7. The van der Waals surface area contributed by atoms with Crippen LogP contribution >= 0.6 is 0 Å². The number of carbonyl (C=O) groups excluding carboxylic acids is 4. The van der Waals surface area contributed by atoms with E-state index in [-0.39, 0.29) is 48.6 Å². The smallest absolute Gasteiger partial charge is 0.242 e. The van der Waals surface area contributed by atoms with Gasteiger partial charge in [-0.1, -0.05) is 0 Å². The Morgan fingerprint density at radius 1 is 0.725 bits per heavy atom. The van der Waals surface area contributed by atoms with Crippen LogP contribution in [0.25, 0.3) is 22.8 Å². The van der Waals surface area contributed by atoms with E-state index in [9.17, 15) is 19.2 Å². The van der Waals surface area contributed by atoms with Crippen molar-refractivity contribution in [3.05, 3.63) is 54.7 Å². The quantitative estimate of drug-likeness (QED) is 0.233. The molecule has 0 radical (unpaired) electrons. The van der Waals surface area contributed by atoms with E-state index in [0.29, 0.717) is 36.1 Å². The molecule has 270 valence electrons. The number of aromatic nitrogens is 1. The minimum absolute atomic E-state index is 0.0865. The molecular formula is C39H49N7O5. The SMILES string of the molecule is CC1(C(=O)N2CCC[C@H]2CC(=O)Nc2ccc(-c3cnc(-c4ccc(NC(=O)C[C@@H]5CCCN5C(=O)C5(C)CCCN5)cc4)o3)cc2)CCCN1. The van der Waals surface area contributed by atoms with Gasteiger partial charge >= 0.3 is 0 Å². The Balaban J connectivity index is 0.900. The van der Waals surface area contributed by atoms with E-state index in [0.717, 1.165) is 75.6 Å². The highest BCUT2D eigenvalue weighted by atomic mass is 16.4. The van der Waals surface area contributed by atoms with Crippen LogP contribution in [0, 0.1) is 0 Å². The molecule has 5 heterocycles. The first-order chi connectivity index (χ1) is 24.6. The first-order valence-electron chi connectivity index (χ1n) is 18.5. The fourth-order valence-electron chi connectivity index (χ4n) is 8.23. The van der Waals surface area contributed by atoms with Crippen LogP contribution in [0.2, 0.25) is 0 Å². The lowest BCUT2D eigenvalue weighted by atomic mass is 9.97. The number of nitrogens with zero attached hydrogens (tertiary/aromatic N) is 3. The molecule has 1 aromatic heterocycles. The minimum Gasteiger partial charge on any atom is -0.436 e. The number of oxazole rings is 1. The van der Waals surface area contributed by atoms with Crippen molar-refractivity contribution in [2.45, 2.75) is 101 Å². The number of hydrogen-bond donors (Lipinski definition) is 4. The number of anilines is 2. The van der Waals surface area contributed by atoms with Crippen LogP contribution in [0.1, 0.15) is 78.1 Å². The number of nitrogens with one attached hydrogen (secondary N) is 4. The average Bonchev–Trinajstić information content (AvgIpc) is 3.97. The molecule has 4 N–H and O–H groups in total. The van der Waals surface area contributed by atoms with Gasteiger partial charge in [-0.2, -0.15) is 0 Å². The molecule has 4 amide bonds. The van der Waals surface area contributed by atoms with Gasteiger partial charge in [0.05, 0.1) is 17.3 Å². The van der Waals surface area contributed by atoms with Gasteiger partial charge in [0.2, 0.25) is 29.5 Å². The molecule has 4 saturated heterocycles. The normalized spacial score (nSPS) is 26.1. The molecule has 4 fully saturated rings. The van der Waals surface area contributed by atoms with Crippen molar-refractivity contribution in [2.24, 2.45) is 0 Å². The van der Waals surface area contributed by atoms with Gasteiger partial charge in [0.1, 0.15) is 0 Å². The van der Waals surface area contributed by atoms with E-state index in [1.165, 1.54) is 0 Å². The van der Waals surface area contributed by atoms with E-state index < -0.39 is 11.1 Å². The first-order valence-corrected chi connectivity index (χ1v) is 18.5. The fraction of sp³-hybridized carbons (Fsp3) is 0.513. The van der Waals surface area contributed by atoms with Crippen LogP contribution in [0.4, 0.5) is 11.4 Å². The third-order valence-corrected chi connectivity index (χ3v) is 11.2. The molecule has 12 nitrogen and oxygen atoms in total. The molecule has 4 atom stereocenters. The van der Waals surface area contributed by atoms with Gasteiger partial charge in [0.15, 0.2) is 5.76 Å². The monoisotopic (exact) mass is 695 g/mol. The van der Waals surface area contributed by atoms with Crippen molar-refractivity contribution in [2.75, 3.05) is 36.8 Å². The van der Waals surface area contributed by atoms with Crippen molar-refractivity contribution in [1.29, 1.82) is 0 Å². The van der Waals surface area contributed by atoms with Gasteiger partial charge in [-0.15, -0.1) is 0 Å². The molecule has 2 unspecified atom stereocenters. The molecular weight excluding hydrogens is 646 g/mol. The second kappa shape index (κ2) is 14.6. The largest absolute Gasteiger partial charge is 0.436 e. The second-order valence-corrected chi connectivity index (χ2v) is 15.0. The van der Waals surface area contributed by atoms with Gasteiger partial charge in [0.25, 0.3) is 0 Å². The summed E-state index contributed by atoms with van der Waals surface area (Å²) >= 11 is 0. The highest BCUT2D eigenvalue weighted by Gasteiger charge is 2.44. The molecule has 7 rings (SSSR count).